The largest absolute Gasteiger partial charge is 0.510 e. The second kappa shape index (κ2) is 4.27. The van der Waals surface area contributed by atoms with Crippen molar-refractivity contribution in [3.8, 4) is 0 Å². The Morgan fingerprint density at radius 2 is 2.33 bits per heavy atom. The zero-order valence-electron chi connectivity index (χ0n) is 10.2. The lowest BCUT2D eigenvalue weighted by molar-refractivity contribution is -0.159. The van der Waals surface area contributed by atoms with Gasteiger partial charge >= 0.3 is 5.97 Å². The third-order valence-electron chi connectivity index (χ3n) is 2.88. The fourth-order valence-electron chi connectivity index (χ4n) is 1.97. The maximum atomic E-state index is 12.2. The van der Waals surface area contributed by atoms with Crippen LogP contribution in [0.5, 0.6) is 0 Å². The Hall–Kier alpha value is -1.57. The van der Waals surface area contributed by atoms with Gasteiger partial charge in [0.05, 0.1) is 18.2 Å². The molecule has 0 radical (unpaired) electrons. The third kappa shape index (κ3) is 1.59. The molecule has 0 aromatic carbocycles. The second-order valence-electron chi connectivity index (χ2n) is 4.03. The number of esters is 1. The van der Waals surface area contributed by atoms with Gasteiger partial charge in [0.1, 0.15) is 5.76 Å². The van der Waals surface area contributed by atoms with Crippen LogP contribution < -0.4 is 0 Å². The van der Waals surface area contributed by atoms with Crippen LogP contribution in [0.25, 0.3) is 0 Å². The zero-order valence-corrected chi connectivity index (χ0v) is 11.0. The van der Waals surface area contributed by atoms with Crippen LogP contribution in [0, 0.1) is 0 Å². The second-order valence-corrected chi connectivity index (χ2v) is 5.33. The molecule has 7 nitrogen and oxygen atoms in total. The monoisotopic (exact) mass is 271 g/mol. The topological polar surface area (TPSA) is 91.6 Å². The van der Waals surface area contributed by atoms with E-state index in [1.54, 1.807) is 6.92 Å². The SMILES string of the molecule is COC(=O)[C@]12CS[C@H](C)N1C(=O)/C(=C(\C)O)N=N2. The van der Waals surface area contributed by atoms with Crippen molar-refractivity contribution >= 4 is 23.6 Å². The maximum Gasteiger partial charge on any atom is 0.357 e. The first-order valence-electron chi connectivity index (χ1n) is 5.30. The van der Waals surface area contributed by atoms with Crippen molar-refractivity contribution in [1.82, 2.24) is 4.90 Å². The number of hydrogen-bond donors (Lipinski definition) is 1. The van der Waals surface area contributed by atoms with Crippen LogP contribution in [0.15, 0.2) is 21.7 Å². The zero-order chi connectivity index (χ0) is 13.5. The highest BCUT2D eigenvalue weighted by molar-refractivity contribution is 8.00. The smallest absolute Gasteiger partial charge is 0.357 e. The first-order chi connectivity index (χ1) is 8.44. The Morgan fingerprint density at radius 1 is 1.67 bits per heavy atom. The summed E-state index contributed by atoms with van der Waals surface area (Å²) in [4.78, 5) is 25.4. The number of azo groups is 1. The van der Waals surface area contributed by atoms with Crippen LogP contribution in [0.2, 0.25) is 0 Å². The summed E-state index contributed by atoms with van der Waals surface area (Å²) in [5.74, 6) is -1.04. The number of carbonyl (C=O) groups excluding carboxylic acids is 2. The molecule has 0 unspecified atom stereocenters. The Kier molecular flexibility index (Phi) is 3.05. The molecule has 0 aliphatic carbocycles. The fraction of sp³-hybridized carbons (Fsp3) is 0.600. The van der Waals surface area contributed by atoms with Gasteiger partial charge in [-0.1, -0.05) is 0 Å². The van der Waals surface area contributed by atoms with Gasteiger partial charge in [-0.2, -0.15) is 0 Å². The van der Waals surface area contributed by atoms with E-state index in [4.69, 9.17) is 4.74 Å². The van der Waals surface area contributed by atoms with Crippen molar-refractivity contribution in [1.29, 1.82) is 0 Å². The number of thioether (sulfide) groups is 1. The summed E-state index contributed by atoms with van der Waals surface area (Å²) in [7, 11) is 1.24. The number of carbonyl (C=O) groups is 2. The Labute approximate surface area is 108 Å². The van der Waals surface area contributed by atoms with E-state index >= 15 is 0 Å². The lowest BCUT2D eigenvalue weighted by atomic mass is 10.1. The predicted molar refractivity (Wildman–Crippen MR) is 63.7 cm³/mol. The van der Waals surface area contributed by atoms with Crippen LogP contribution in [0.1, 0.15) is 13.8 Å². The van der Waals surface area contributed by atoms with E-state index in [0.29, 0.717) is 5.75 Å². The van der Waals surface area contributed by atoms with Crippen LogP contribution in [-0.2, 0) is 14.3 Å². The van der Waals surface area contributed by atoms with Crippen molar-refractivity contribution in [2.24, 2.45) is 10.2 Å². The number of rotatable bonds is 1. The maximum absolute atomic E-state index is 12.2. The molecular formula is C10H13N3O4S. The van der Waals surface area contributed by atoms with Crippen molar-refractivity contribution in [3.05, 3.63) is 11.5 Å². The third-order valence-corrected chi connectivity index (χ3v) is 4.14. The number of nitrogens with zero attached hydrogens (tertiary/aromatic N) is 3. The molecule has 0 aromatic rings. The molecule has 0 spiro atoms. The summed E-state index contributed by atoms with van der Waals surface area (Å²) >= 11 is 1.41. The van der Waals surface area contributed by atoms with Crippen LogP contribution in [0.4, 0.5) is 0 Å². The van der Waals surface area contributed by atoms with Gasteiger partial charge < -0.3 is 9.84 Å². The molecule has 2 rings (SSSR count). The van der Waals surface area contributed by atoms with Crippen LogP contribution in [-0.4, -0.2) is 45.8 Å². The number of hydrogen-bond acceptors (Lipinski definition) is 7. The van der Waals surface area contributed by atoms with E-state index in [0.717, 1.165) is 0 Å². The molecular weight excluding hydrogens is 258 g/mol. The van der Waals surface area contributed by atoms with Crippen molar-refractivity contribution < 1.29 is 19.4 Å². The minimum Gasteiger partial charge on any atom is -0.510 e. The Balaban J connectivity index is 2.55. The van der Waals surface area contributed by atoms with Gasteiger partial charge in [0.25, 0.3) is 11.6 Å². The number of aliphatic hydroxyl groups is 1. The molecule has 1 saturated heterocycles. The molecule has 2 aliphatic rings. The molecule has 2 atom stereocenters. The highest BCUT2D eigenvalue weighted by atomic mass is 32.2. The van der Waals surface area contributed by atoms with E-state index in [2.05, 4.69) is 10.2 Å². The average molecular weight is 271 g/mol. The fourth-order valence-corrected chi connectivity index (χ4v) is 3.18. The van der Waals surface area contributed by atoms with Crippen LogP contribution in [0.3, 0.4) is 0 Å². The van der Waals surface area contributed by atoms with E-state index in [-0.39, 0.29) is 16.8 Å². The lowest BCUT2D eigenvalue weighted by Gasteiger charge is -2.35. The number of amides is 1. The molecule has 1 N–H and O–H groups in total. The summed E-state index contributed by atoms with van der Waals surface area (Å²) in [5, 5.41) is 16.7. The lowest BCUT2D eigenvalue weighted by Crippen LogP contribution is -2.57. The number of methoxy groups -OCH3 is 1. The molecule has 2 aliphatic heterocycles. The molecule has 0 aromatic heterocycles. The molecule has 0 saturated carbocycles. The number of fused-ring (bicyclic) bond motifs is 1. The summed E-state index contributed by atoms with van der Waals surface area (Å²) in [6.45, 7) is 3.14. The van der Waals surface area contributed by atoms with Crippen molar-refractivity contribution in [2.75, 3.05) is 12.9 Å². The quantitative estimate of drug-likeness (QED) is 0.437. The molecule has 8 heteroatoms. The van der Waals surface area contributed by atoms with Gasteiger partial charge in [-0.3, -0.25) is 9.69 Å². The highest BCUT2D eigenvalue weighted by Gasteiger charge is 2.58. The molecule has 18 heavy (non-hydrogen) atoms. The number of allylic oxidation sites excluding steroid dienone is 1. The van der Waals surface area contributed by atoms with Gasteiger partial charge in [0.2, 0.25) is 0 Å². The molecule has 1 fully saturated rings. The molecule has 98 valence electrons. The number of aliphatic hydroxyl groups excluding tert-OH is 1. The van der Waals surface area contributed by atoms with E-state index < -0.39 is 17.5 Å². The Morgan fingerprint density at radius 3 is 2.89 bits per heavy atom. The van der Waals surface area contributed by atoms with Gasteiger partial charge in [0, 0.05) is 0 Å². The summed E-state index contributed by atoms with van der Waals surface area (Å²) < 4.78 is 4.71. The molecule has 0 bridgehead atoms. The van der Waals surface area contributed by atoms with E-state index in [9.17, 15) is 14.7 Å². The van der Waals surface area contributed by atoms with Crippen molar-refractivity contribution in [2.45, 2.75) is 24.9 Å². The molecule has 1 amide bonds. The predicted octanol–water partition coefficient (Wildman–Crippen LogP) is 1.03. The first kappa shape index (κ1) is 12.9. The van der Waals surface area contributed by atoms with Gasteiger partial charge in [-0.15, -0.1) is 22.0 Å². The Bertz CT molecular complexity index is 472. The van der Waals surface area contributed by atoms with E-state index in [1.807, 2.05) is 0 Å². The van der Waals surface area contributed by atoms with Crippen molar-refractivity contribution in [3.63, 3.8) is 0 Å². The molecule has 2 heterocycles. The summed E-state index contributed by atoms with van der Waals surface area (Å²) in [6.07, 6.45) is 0. The minimum absolute atomic E-state index is 0.135. The van der Waals surface area contributed by atoms with Crippen LogP contribution >= 0.6 is 11.8 Å². The first-order valence-corrected chi connectivity index (χ1v) is 6.35. The highest BCUT2D eigenvalue weighted by Crippen LogP contribution is 2.42. The standard InChI is InChI=1S/C10H13N3O4S/c1-5(14)7-8(15)13-6(2)18-4-10(13,12-11-7)9(16)17-3/h6,14H,4H2,1-3H3/b7-5-/t6-,10+/m1/s1. The summed E-state index contributed by atoms with van der Waals surface area (Å²) in [5.41, 5.74) is -1.53. The number of ether oxygens (including phenoxy) is 1. The normalized spacial score (nSPS) is 33.4. The summed E-state index contributed by atoms with van der Waals surface area (Å²) in [6, 6.07) is 0. The van der Waals surface area contributed by atoms with E-state index in [1.165, 1.54) is 30.7 Å². The van der Waals surface area contributed by atoms with Gasteiger partial charge in [-0.05, 0) is 13.8 Å². The van der Waals surface area contributed by atoms with Gasteiger partial charge in [-0.25, -0.2) is 4.79 Å². The average Bonchev–Trinajstić information content (AvgIpc) is 2.68. The minimum atomic E-state index is -1.39. The van der Waals surface area contributed by atoms with Gasteiger partial charge in [0.15, 0.2) is 5.70 Å².